The monoisotopic (exact) mass is 297 g/mol. The van der Waals surface area contributed by atoms with Gasteiger partial charge in [-0.2, -0.15) is 0 Å². The van der Waals surface area contributed by atoms with Crippen LogP contribution >= 0.6 is 0 Å². The minimum Gasteiger partial charge on any atom is -0.326 e. The standard InChI is InChI=1S/C18H23N3O/c1-14(2)15-6-8-16(9-7-15)21-18(22)10-12-19-13-17-5-3-4-11-20-17/h3-9,11,14,19H,10,12-13H2,1-2H3,(H,21,22). The average molecular weight is 297 g/mol. The van der Waals surface area contributed by atoms with Gasteiger partial charge in [0, 0.05) is 31.4 Å². The first-order valence-electron chi connectivity index (χ1n) is 7.65. The molecule has 0 aliphatic carbocycles. The molecule has 0 bridgehead atoms. The molecule has 1 heterocycles. The number of benzene rings is 1. The van der Waals surface area contributed by atoms with Crippen LogP contribution in [-0.2, 0) is 11.3 Å². The fraction of sp³-hybridized carbons (Fsp3) is 0.333. The second kappa shape index (κ2) is 8.29. The third-order valence-electron chi connectivity index (χ3n) is 3.42. The summed E-state index contributed by atoms with van der Waals surface area (Å²) in [4.78, 5) is 16.1. The predicted octanol–water partition coefficient (Wildman–Crippen LogP) is 3.32. The molecule has 2 rings (SSSR count). The Morgan fingerprint density at radius 3 is 2.55 bits per heavy atom. The number of hydrogen-bond donors (Lipinski definition) is 2. The maximum Gasteiger partial charge on any atom is 0.225 e. The Labute approximate surface area is 132 Å². The van der Waals surface area contributed by atoms with Crippen LogP contribution in [0.3, 0.4) is 0 Å². The van der Waals surface area contributed by atoms with Gasteiger partial charge in [-0.05, 0) is 35.7 Å². The molecular formula is C18H23N3O. The molecule has 2 N–H and O–H groups in total. The molecule has 22 heavy (non-hydrogen) atoms. The quantitative estimate of drug-likeness (QED) is 0.771. The number of nitrogens with zero attached hydrogens (tertiary/aromatic N) is 1. The van der Waals surface area contributed by atoms with Crippen LogP contribution in [0, 0.1) is 0 Å². The van der Waals surface area contributed by atoms with Crippen molar-refractivity contribution in [2.75, 3.05) is 11.9 Å². The Morgan fingerprint density at radius 1 is 1.14 bits per heavy atom. The van der Waals surface area contributed by atoms with E-state index in [1.165, 1.54) is 5.56 Å². The van der Waals surface area contributed by atoms with Crippen molar-refractivity contribution in [1.82, 2.24) is 10.3 Å². The van der Waals surface area contributed by atoms with E-state index < -0.39 is 0 Å². The Kier molecular flexibility index (Phi) is 6.10. The van der Waals surface area contributed by atoms with Crippen molar-refractivity contribution in [2.24, 2.45) is 0 Å². The van der Waals surface area contributed by atoms with Crippen molar-refractivity contribution >= 4 is 11.6 Å². The van der Waals surface area contributed by atoms with Crippen molar-refractivity contribution < 1.29 is 4.79 Å². The minimum atomic E-state index is 0.0193. The highest BCUT2D eigenvalue weighted by Gasteiger charge is 2.03. The van der Waals surface area contributed by atoms with E-state index >= 15 is 0 Å². The van der Waals surface area contributed by atoms with Gasteiger partial charge in [0.2, 0.25) is 5.91 Å². The molecule has 0 radical (unpaired) electrons. The lowest BCUT2D eigenvalue weighted by Crippen LogP contribution is -2.21. The number of pyridine rings is 1. The van der Waals surface area contributed by atoms with Crippen LogP contribution in [0.15, 0.2) is 48.7 Å². The molecule has 1 aromatic carbocycles. The molecule has 0 aliphatic heterocycles. The molecule has 0 unspecified atom stereocenters. The number of carbonyl (C=O) groups excluding carboxylic acids is 1. The summed E-state index contributed by atoms with van der Waals surface area (Å²) >= 11 is 0. The van der Waals surface area contributed by atoms with Gasteiger partial charge < -0.3 is 10.6 Å². The van der Waals surface area contributed by atoms with Crippen LogP contribution in [-0.4, -0.2) is 17.4 Å². The lowest BCUT2D eigenvalue weighted by Gasteiger charge is -2.09. The number of anilines is 1. The van der Waals surface area contributed by atoms with Crippen molar-refractivity contribution in [2.45, 2.75) is 32.7 Å². The van der Waals surface area contributed by atoms with Crippen molar-refractivity contribution in [3.63, 3.8) is 0 Å². The van der Waals surface area contributed by atoms with Gasteiger partial charge in [0.05, 0.1) is 5.69 Å². The van der Waals surface area contributed by atoms with Gasteiger partial charge in [0.25, 0.3) is 0 Å². The molecule has 116 valence electrons. The highest BCUT2D eigenvalue weighted by molar-refractivity contribution is 5.90. The van der Waals surface area contributed by atoms with Crippen LogP contribution in [0.2, 0.25) is 0 Å². The SMILES string of the molecule is CC(C)c1ccc(NC(=O)CCNCc2ccccn2)cc1. The van der Waals surface area contributed by atoms with Crippen molar-refractivity contribution in [3.05, 3.63) is 59.9 Å². The fourth-order valence-electron chi connectivity index (χ4n) is 2.10. The van der Waals surface area contributed by atoms with Gasteiger partial charge in [-0.25, -0.2) is 0 Å². The molecule has 1 aromatic heterocycles. The van der Waals surface area contributed by atoms with Gasteiger partial charge in [-0.15, -0.1) is 0 Å². The topological polar surface area (TPSA) is 54.0 Å². The Hall–Kier alpha value is -2.20. The average Bonchev–Trinajstić information content (AvgIpc) is 2.53. The summed E-state index contributed by atoms with van der Waals surface area (Å²) in [5, 5.41) is 6.13. The summed E-state index contributed by atoms with van der Waals surface area (Å²) in [5.74, 6) is 0.520. The van der Waals surface area contributed by atoms with Crippen molar-refractivity contribution in [3.8, 4) is 0 Å². The lowest BCUT2D eigenvalue weighted by atomic mass is 10.0. The molecule has 0 spiro atoms. The maximum absolute atomic E-state index is 11.9. The summed E-state index contributed by atoms with van der Waals surface area (Å²) < 4.78 is 0. The first-order valence-corrected chi connectivity index (χ1v) is 7.65. The number of rotatable bonds is 7. The summed E-state index contributed by atoms with van der Waals surface area (Å²) in [7, 11) is 0. The number of nitrogens with one attached hydrogen (secondary N) is 2. The normalized spacial score (nSPS) is 10.7. The van der Waals surface area contributed by atoms with E-state index in [-0.39, 0.29) is 5.91 Å². The summed E-state index contributed by atoms with van der Waals surface area (Å²) in [5.41, 5.74) is 3.10. The third-order valence-corrected chi connectivity index (χ3v) is 3.42. The predicted molar refractivity (Wildman–Crippen MR) is 89.7 cm³/mol. The number of aromatic nitrogens is 1. The Bertz CT molecular complexity index is 579. The van der Waals surface area contributed by atoms with E-state index in [4.69, 9.17) is 0 Å². The van der Waals surface area contributed by atoms with Crippen LogP contribution in [0.4, 0.5) is 5.69 Å². The van der Waals surface area contributed by atoms with Gasteiger partial charge >= 0.3 is 0 Å². The summed E-state index contributed by atoms with van der Waals surface area (Å²) in [6, 6.07) is 13.8. The van der Waals surface area contributed by atoms with Gasteiger partial charge in [-0.3, -0.25) is 9.78 Å². The Balaban J connectivity index is 1.69. The molecule has 0 aliphatic rings. The van der Waals surface area contributed by atoms with Crippen LogP contribution in [0.1, 0.15) is 37.4 Å². The minimum absolute atomic E-state index is 0.0193. The van der Waals surface area contributed by atoms with E-state index in [9.17, 15) is 4.79 Å². The lowest BCUT2D eigenvalue weighted by molar-refractivity contribution is -0.116. The second-order valence-electron chi connectivity index (χ2n) is 5.57. The highest BCUT2D eigenvalue weighted by atomic mass is 16.1. The first kappa shape index (κ1) is 16.2. The number of hydrogen-bond acceptors (Lipinski definition) is 3. The van der Waals surface area contributed by atoms with Crippen LogP contribution in [0.25, 0.3) is 0 Å². The third kappa shape index (κ3) is 5.30. The molecule has 0 saturated carbocycles. The first-order chi connectivity index (χ1) is 10.6. The van der Waals surface area contributed by atoms with Gasteiger partial charge in [0.1, 0.15) is 0 Å². The molecular weight excluding hydrogens is 274 g/mol. The highest BCUT2D eigenvalue weighted by Crippen LogP contribution is 2.17. The zero-order chi connectivity index (χ0) is 15.8. The summed E-state index contributed by atoms with van der Waals surface area (Å²) in [6.07, 6.45) is 2.21. The number of amides is 1. The van der Waals surface area contributed by atoms with E-state index in [0.29, 0.717) is 25.4 Å². The molecule has 4 nitrogen and oxygen atoms in total. The van der Waals surface area contributed by atoms with Gasteiger partial charge in [-0.1, -0.05) is 32.0 Å². The van der Waals surface area contributed by atoms with Crippen molar-refractivity contribution in [1.29, 1.82) is 0 Å². The molecule has 0 atom stereocenters. The molecule has 1 amide bonds. The molecule has 0 saturated heterocycles. The molecule has 2 aromatic rings. The zero-order valence-electron chi connectivity index (χ0n) is 13.2. The van der Waals surface area contributed by atoms with E-state index in [1.807, 2.05) is 30.3 Å². The number of carbonyl (C=O) groups is 1. The largest absolute Gasteiger partial charge is 0.326 e. The zero-order valence-corrected chi connectivity index (χ0v) is 13.2. The molecule has 4 heteroatoms. The van der Waals surface area contributed by atoms with Crippen LogP contribution < -0.4 is 10.6 Å². The Morgan fingerprint density at radius 2 is 1.91 bits per heavy atom. The molecule has 0 fully saturated rings. The smallest absolute Gasteiger partial charge is 0.225 e. The van der Waals surface area contributed by atoms with Gasteiger partial charge in [0.15, 0.2) is 0 Å². The van der Waals surface area contributed by atoms with E-state index in [0.717, 1.165) is 11.4 Å². The maximum atomic E-state index is 11.9. The fourth-order valence-corrected chi connectivity index (χ4v) is 2.10. The summed E-state index contributed by atoms with van der Waals surface area (Å²) in [6.45, 7) is 5.62. The van der Waals surface area contributed by atoms with E-state index in [1.54, 1.807) is 6.20 Å². The van der Waals surface area contributed by atoms with E-state index in [2.05, 4.69) is 41.6 Å². The van der Waals surface area contributed by atoms with Crippen LogP contribution in [0.5, 0.6) is 0 Å². The second-order valence-corrected chi connectivity index (χ2v) is 5.57.